The summed E-state index contributed by atoms with van der Waals surface area (Å²) in [5.74, 6) is 0. The van der Waals surface area contributed by atoms with Crippen LogP contribution in [0, 0.1) is 0 Å². The van der Waals surface area contributed by atoms with Crippen molar-refractivity contribution in [2.24, 2.45) is 0 Å². The van der Waals surface area contributed by atoms with Gasteiger partial charge in [-0.25, -0.2) is 9.97 Å². The third-order valence-electron chi connectivity index (χ3n) is 1.71. The van der Waals surface area contributed by atoms with Crippen LogP contribution in [0.4, 0.5) is 0 Å². The van der Waals surface area contributed by atoms with Gasteiger partial charge in [0.1, 0.15) is 0 Å². The summed E-state index contributed by atoms with van der Waals surface area (Å²) in [5, 5.41) is 0. The van der Waals surface area contributed by atoms with Crippen LogP contribution in [0.15, 0.2) is 48.8 Å². The minimum absolute atomic E-state index is 0.571. The van der Waals surface area contributed by atoms with Gasteiger partial charge in [-0.15, -0.1) is 0 Å². The third-order valence-corrected chi connectivity index (χ3v) is 3.08. The highest BCUT2D eigenvalue weighted by molar-refractivity contribution is 7.60. The number of pyridine rings is 2. The SMILES string of the molecule is O=[P+](c1ccccn1)c1ccccn1. The Balaban J connectivity index is 2.35. The smallest absolute Gasteiger partial charge is 0.212 e. The van der Waals surface area contributed by atoms with Crippen LogP contribution in [0.2, 0.25) is 0 Å². The van der Waals surface area contributed by atoms with Gasteiger partial charge in [-0.1, -0.05) is 16.7 Å². The van der Waals surface area contributed by atoms with E-state index in [1.54, 1.807) is 36.7 Å². The first-order valence-corrected chi connectivity index (χ1v) is 5.43. The molecule has 0 saturated carbocycles. The van der Waals surface area contributed by atoms with Crippen molar-refractivity contribution in [1.82, 2.24) is 9.97 Å². The molecule has 0 spiro atoms. The zero-order valence-corrected chi connectivity index (χ0v) is 8.26. The van der Waals surface area contributed by atoms with Crippen LogP contribution in [-0.2, 0) is 4.57 Å². The quantitative estimate of drug-likeness (QED) is 0.690. The van der Waals surface area contributed by atoms with Gasteiger partial charge < -0.3 is 0 Å². The van der Waals surface area contributed by atoms with Crippen molar-refractivity contribution in [1.29, 1.82) is 0 Å². The lowest BCUT2D eigenvalue weighted by Gasteiger charge is -1.86. The Kier molecular flexibility index (Phi) is 2.61. The van der Waals surface area contributed by atoms with E-state index in [1.807, 2.05) is 12.1 Å². The van der Waals surface area contributed by atoms with Crippen molar-refractivity contribution in [3.8, 4) is 0 Å². The van der Waals surface area contributed by atoms with Gasteiger partial charge >= 0.3 is 7.80 Å². The molecule has 0 aliphatic heterocycles. The zero-order chi connectivity index (χ0) is 9.80. The molecule has 0 atom stereocenters. The molecule has 3 nitrogen and oxygen atoms in total. The number of hydrogen-bond donors (Lipinski definition) is 0. The molecule has 0 aromatic carbocycles. The second kappa shape index (κ2) is 4.07. The summed E-state index contributed by atoms with van der Waals surface area (Å²) < 4.78 is 11.9. The van der Waals surface area contributed by atoms with Crippen molar-refractivity contribution >= 4 is 18.7 Å². The predicted octanol–water partition coefficient (Wildman–Crippen LogP) is 1.25. The molecular formula is C10H8N2OP+. The summed E-state index contributed by atoms with van der Waals surface area (Å²) in [7, 11) is -1.64. The van der Waals surface area contributed by atoms with Gasteiger partial charge in [0.2, 0.25) is 0 Å². The molecule has 4 heteroatoms. The number of rotatable bonds is 2. The summed E-state index contributed by atoms with van der Waals surface area (Å²) in [5.41, 5.74) is 1.14. The van der Waals surface area contributed by atoms with Gasteiger partial charge in [0.05, 0.1) is 0 Å². The normalized spacial score (nSPS) is 9.71. The molecule has 0 aliphatic carbocycles. The molecule has 0 amide bonds. The zero-order valence-electron chi connectivity index (χ0n) is 7.37. The average molecular weight is 203 g/mol. The summed E-state index contributed by atoms with van der Waals surface area (Å²) in [6.07, 6.45) is 3.26. The van der Waals surface area contributed by atoms with Gasteiger partial charge in [0, 0.05) is 24.5 Å². The molecule has 0 bridgehead atoms. The Morgan fingerprint density at radius 2 is 1.36 bits per heavy atom. The molecule has 2 aromatic rings. The fourth-order valence-electron chi connectivity index (χ4n) is 1.07. The number of nitrogens with zero attached hydrogens (tertiary/aromatic N) is 2. The van der Waals surface area contributed by atoms with Crippen LogP contribution in [0.1, 0.15) is 0 Å². The molecule has 0 fully saturated rings. The first-order chi connectivity index (χ1) is 6.88. The number of aromatic nitrogens is 2. The minimum Gasteiger partial charge on any atom is -0.212 e. The van der Waals surface area contributed by atoms with Crippen molar-refractivity contribution in [3.05, 3.63) is 48.8 Å². The molecule has 0 saturated heterocycles. The minimum atomic E-state index is -1.64. The maximum Gasteiger partial charge on any atom is 0.455 e. The van der Waals surface area contributed by atoms with E-state index in [4.69, 9.17) is 0 Å². The Morgan fingerprint density at radius 3 is 1.71 bits per heavy atom. The van der Waals surface area contributed by atoms with Crippen molar-refractivity contribution in [2.75, 3.05) is 0 Å². The van der Waals surface area contributed by atoms with Crippen LogP contribution in [0.25, 0.3) is 0 Å². The topological polar surface area (TPSA) is 42.9 Å². The van der Waals surface area contributed by atoms with E-state index >= 15 is 0 Å². The largest absolute Gasteiger partial charge is 0.455 e. The molecule has 68 valence electrons. The summed E-state index contributed by atoms with van der Waals surface area (Å²) in [6.45, 7) is 0. The van der Waals surface area contributed by atoms with E-state index in [0.29, 0.717) is 10.9 Å². The highest BCUT2D eigenvalue weighted by atomic mass is 31.1. The van der Waals surface area contributed by atoms with Crippen molar-refractivity contribution < 1.29 is 4.57 Å². The van der Waals surface area contributed by atoms with E-state index in [-0.39, 0.29) is 0 Å². The van der Waals surface area contributed by atoms with Crippen LogP contribution < -0.4 is 10.9 Å². The van der Waals surface area contributed by atoms with E-state index in [0.717, 1.165) is 0 Å². The summed E-state index contributed by atoms with van der Waals surface area (Å²) in [4.78, 5) is 8.06. The van der Waals surface area contributed by atoms with Crippen LogP contribution >= 0.6 is 7.80 Å². The highest BCUT2D eigenvalue weighted by Crippen LogP contribution is 2.15. The Labute approximate surface area is 82.6 Å². The molecular weight excluding hydrogens is 195 g/mol. The lowest BCUT2D eigenvalue weighted by atomic mass is 10.5. The van der Waals surface area contributed by atoms with Gasteiger partial charge in [-0.3, -0.25) is 0 Å². The molecule has 0 aliphatic rings. The first kappa shape index (κ1) is 8.97. The molecule has 2 rings (SSSR count). The molecule has 2 aromatic heterocycles. The van der Waals surface area contributed by atoms with Crippen LogP contribution in [0.3, 0.4) is 0 Å². The van der Waals surface area contributed by atoms with E-state index in [2.05, 4.69) is 9.97 Å². The standard InChI is InChI=1S/C10H8N2OP/c13-14(9-5-1-3-7-11-9)10-6-2-4-8-12-10/h1-8H/q+1. The predicted molar refractivity (Wildman–Crippen MR) is 55.3 cm³/mol. The maximum absolute atomic E-state index is 11.9. The molecule has 0 radical (unpaired) electrons. The molecule has 0 unspecified atom stereocenters. The van der Waals surface area contributed by atoms with Gasteiger partial charge in [0.25, 0.3) is 10.9 Å². The lowest BCUT2D eigenvalue weighted by Crippen LogP contribution is -2.11. The van der Waals surface area contributed by atoms with Gasteiger partial charge in [-0.05, 0) is 12.1 Å². The van der Waals surface area contributed by atoms with Gasteiger partial charge in [0.15, 0.2) is 0 Å². The Morgan fingerprint density at radius 1 is 0.857 bits per heavy atom. The van der Waals surface area contributed by atoms with Crippen LogP contribution in [0.5, 0.6) is 0 Å². The van der Waals surface area contributed by atoms with Gasteiger partial charge in [-0.2, -0.15) is 0 Å². The first-order valence-electron chi connectivity index (χ1n) is 4.17. The van der Waals surface area contributed by atoms with Crippen molar-refractivity contribution in [3.63, 3.8) is 0 Å². The highest BCUT2D eigenvalue weighted by Gasteiger charge is 2.25. The fourth-order valence-corrected chi connectivity index (χ4v) is 2.09. The fraction of sp³-hybridized carbons (Fsp3) is 0. The van der Waals surface area contributed by atoms with Crippen molar-refractivity contribution in [2.45, 2.75) is 0 Å². The average Bonchev–Trinajstić information content (AvgIpc) is 2.30. The van der Waals surface area contributed by atoms with E-state index < -0.39 is 7.80 Å². The molecule has 2 heterocycles. The van der Waals surface area contributed by atoms with Crippen LogP contribution in [-0.4, -0.2) is 9.97 Å². The molecule has 0 N–H and O–H groups in total. The Bertz CT molecular complexity index is 389. The van der Waals surface area contributed by atoms with E-state index in [9.17, 15) is 4.57 Å². The second-order valence-corrected chi connectivity index (χ2v) is 4.18. The second-order valence-electron chi connectivity index (χ2n) is 2.67. The summed E-state index contributed by atoms with van der Waals surface area (Å²) in [6, 6.07) is 10.7. The number of hydrogen-bond acceptors (Lipinski definition) is 3. The Hall–Kier alpha value is -1.60. The summed E-state index contributed by atoms with van der Waals surface area (Å²) >= 11 is 0. The van der Waals surface area contributed by atoms with E-state index in [1.165, 1.54) is 0 Å². The third kappa shape index (κ3) is 1.83. The monoisotopic (exact) mass is 203 g/mol. The maximum atomic E-state index is 11.9. The molecule has 14 heavy (non-hydrogen) atoms. The lowest BCUT2D eigenvalue weighted by molar-refractivity contribution is 0.597.